The topological polar surface area (TPSA) is 92.3 Å². The fourth-order valence-electron chi connectivity index (χ4n) is 8.08. The highest BCUT2D eigenvalue weighted by atomic mass is 19.1. The molecule has 5 aliphatic rings. The van der Waals surface area contributed by atoms with Crippen molar-refractivity contribution in [2.75, 3.05) is 50.9 Å². The molecule has 3 fully saturated rings. The smallest absolute Gasteiger partial charge is 0.319 e. The van der Waals surface area contributed by atoms with Gasteiger partial charge >= 0.3 is 6.01 Å². The van der Waals surface area contributed by atoms with E-state index in [0.717, 1.165) is 51.6 Å². The maximum Gasteiger partial charge on any atom is 0.319 e. The van der Waals surface area contributed by atoms with Crippen molar-refractivity contribution in [1.29, 1.82) is 0 Å². The molecule has 3 atom stereocenters. The van der Waals surface area contributed by atoms with Crippen LogP contribution in [0, 0.1) is 17.6 Å². The lowest BCUT2D eigenvalue weighted by Crippen LogP contribution is -2.43. The second-order valence-corrected chi connectivity index (χ2v) is 13.3. The standard InChI is InChI=1S/C33H38F3N7O2/c34-21-13-33(8-5-10-43(33)17-21)19-45-32-39-29-24-14-37-30(28(29)36)27-22(25(35)12-26-23(27)15-38-41-26)7-2-4-11-44-18-20-6-1-3-9-42(16-20)31(24)40-32/h12,14-15,20-21H,1-11,13,16-19H2,(H,38,41)/t20-,21-,33+/m1/s1. The molecule has 45 heavy (non-hydrogen) atoms. The molecule has 1 aromatic carbocycles. The summed E-state index contributed by atoms with van der Waals surface area (Å²) in [6.07, 6.45) is 9.44. The van der Waals surface area contributed by atoms with Crippen LogP contribution in [0.3, 0.4) is 0 Å². The normalized spacial score (nSPS) is 26.1. The van der Waals surface area contributed by atoms with Crippen LogP contribution in [0.1, 0.15) is 56.9 Å². The van der Waals surface area contributed by atoms with Gasteiger partial charge in [0.25, 0.3) is 0 Å². The second-order valence-electron chi connectivity index (χ2n) is 13.3. The molecule has 0 spiro atoms. The van der Waals surface area contributed by atoms with Gasteiger partial charge in [-0.3, -0.25) is 15.0 Å². The molecule has 6 bridgehead atoms. The van der Waals surface area contributed by atoms with E-state index in [0.29, 0.717) is 78.8 Å². The fourth-order valence-corrected chi connectivity index (χ4v) is 8.08. The van der Waals surface area contributed by atoms with Crippen molar-refractivity contribution < 1.29 is 22.6 Å². The Hall–Kier alpha value is -3.51. The molecule has 0 aliphatic carbocycles. The van der Waals surface area contributed by atoms with E-state index < -0.39 is 23.3 Å². The lowest BCUT2D eigenvalue weighted by Gasteiger charge is -2.31. The molecule has 3 aromatic heterocycles. The van der Waals surface area contributed by atoms with Crippen molar-refractivity contribution >= 4 is 27.6 Å². The third kappa shape index (κ3) is 5.19. The number of nitrogens with one attached hydrogen (secondary N) is 1. The Kier molecular flexibility index (Phi) is 7.52. The van der Waals surface area contributed by atoms with Crippen LogP contribution < -0.4 is 9.64 Å². The number of pyridine rings is 1. The molecule has 8 heterocycles. The predicted molar refractivity (Wildman–Crippen MR) is 164 cm³/mol. The minimum atomic E-state index is -0.892. The van der Waals surface area contributed by atoms with Crippen LogP contribution in [0.15, 0.2) is 18.5 Å². The third-order valence-corrected chi connectivity index (χ3v) is 10.3. The van der Waals surface area contributed by atoms with Crippen molar-refractivity contribution in [3.63, 3.8) is 0 Å². The molecule has 5 aliphatic heterocycles. The SMILES string of the molecule is Fc1cc2[nH]ncc2c2c1CCCCOC[C@@H]1CCCCN(C1)c1nc(OC[C@@]34CCCN3C[C@H](F)C4)nc3c(F)c-2ncc13. The number of aromatic amines is 1. The van der Waals surface area contributed by atoms with E-state index in [1.54, 1.807) is 12.4 Å². The van der Waals surface area contributed by atoms with Crippen LogP contribution in [0.25, 0.3) is 33.1 Å². The number of ether oxygens (including phenoxy) is 2. The first-order valence-electron chi connectivity index (χ1n) is 16.3. The fraction of sp³-hybridized carbons (Fsp3) is 0.576. The Bertz CT molecular complexity index is 1730. The summed E-state index contributed by atoms with van der Waals surface area (Å²) in [4.78, 5) is 18.5. The van der Waals surface area contributed by atoms with E-state index >= 15 is 8.78 Å². The number of benzene rings is 1. The molecule has 0 unspecified atom stereocenters. The van der Waals surface area contributed by atoms with Gasteiger partial charge in [0, 0.05) is 49.8 Å². The molecule has 4 aromatic rings. The zero-order chi connectivity index (χ0) is 30.5. The highest BCUT2D eigenvalue weighted by molar-refractivity contribution is 5.99. The summed E-state index contributed by atoms with van der Waals surface area (Å²) >= 11 is 0. The maximum absolute atomic E-state index is 16.9. The molecule has 9 nitrogen and oxygen atoms in total. The van der Waals surface area contributed by atoms with E-state index in [1.165, 1.54) is 6.07 Å². The van der Waals surface area contributed by atoms with Crippen LogP contribution >= 0.6 is 0 Å². The number of nitrogens with zero attached hydrogens (tertiary/aromatic N) is 6. The minimum absolute atomic E-state index is 0.0210. The van der Waals surface area contributed by atoms with Crippen molar-refractivity contribution in [1.82, 2.24) is 30.0 Å². The van der Waals surface area contributed by atoms with Gasteiger partial charge in [-0.25, -0.2) is 13.2 Å². The van der Waals surface area contributed by atoms with E-state index in [-0.39, 0.29) is 29.7 Å². The number of halogens is 3. The first-order valence-corrected chi connectivity index (χ1v) is 16.3. The van der Waals surface area contributed by atoms with Gasteiger partial charge in [0.05, 0.1) is 29.2 Å². The number of hydrogen-bond donors (Lipinski definition) is 1. The molecular weight excluding hydrogens is 583 g/mol. The van der Waals surface area contributed by atoms with Crippen LogP contribution in [0.2, 0.25) is 0 Å². The number of anilines is 1. The van der Waals surface area contributed by atoms with Crippen LogP contribution in [-0.4, -0.2) is 87.8 Å². The number of fused-ring (bicyclic) bond motifs is 8. The zero-order valence-electron chi connectivity index (χ0n) is 25.3. The van der Waals surface area contributed by atoms with Crippen LogP contribution in [-0.2, 0) is 11.2 Å². The van der Waals surface area contributed by atoms with Gasteiger partial charge in [0.15, 0.2) is 5.82 Å². The lowest BCUT2D eigenvalue weighted by atomic mass is 9.94. The summed E-state index contributed by atoms with van der Waals surface area (Å²) in [5.41, 5.74) is 0.939. The molecule has 1 N–H and O–H groups in total. The molecule has 9 rings (SSSR count). The Labute approximate surface area is 259 Å². The summed E-state index contributed by atoms with van der Waals surface area (Å²) in [5, 5.41) is 8.02. The molecule has 0 radical (unpaired) electrons. The zero-order valence-corrected chi connectivity index (χ0v) is 25.3. The summed E-state index contributed by atoms with van der Waals surface area (Å²) in [5.74, 6) is -0.235. The number of hydrogen-bond acceptors (Lipinski definition) is 8. The first kappa shape index (κ1) is 28.9. The highest BCUT2D eigenvalue weighted by Gasteiger charge is 2.49. The number of aromatic nitrogens is 5. The van der Waals surface area contributed by atoms with Gasteiger partial charge < -0.3 is 14.4 Å². The third-order valence-electron chi connectivity index (χ3n) is 10.3. The summed E-state index contributed by atoms with van der Waals surface area (Å²) in [6.45, 7) is 4.13. The van der Waals surface area contributed by atoms with E-state index in [2.05, 4.69) is 30.0 Å². The van der Waals surface area contributed by atoms with Crippen molar-refractivity contribution in [3.05, 3.63) is 35.7 Å². The molecule has 12 heteroatoms. The van der Waals surface area contributed by atoms with Gasteiger partial charge in [-0.2, -0.15) is 15.1 Å². The average molecular weight is 622 g/mol. The van der Waals surface area contributed by atoms with Gasteiger partial charge in [-0.1, -0.05) is 6.42 Å². The van der Waals surface area contributed by atoms with Crippen LogP contribution in [0.5, 0.6) is 6.01 Å². The number of alkyl halides is 1. The number of H-pyrrole nitrogens is 1. The van der Waals surface area contributed by atoms with Gasteiger partial charge in [0.1, 0.15) is 35.6 Å². The Morgan fingerprint density at radius 1 is 1.04 bits per heavy atom. The monoisotopic (exact) mass is 621 g/mol. The van der Waals surface area contributed by atoms with Crippen molar-refractivity contribution in [2.24, 2.45) is 5.92 Å². The maximum atomic E-state index is 16.9. The summed E-state index contributed by atoms with van der Waals surface area (Å²) in [6, 6.07) is 1.47. The quantitative estimate of drug-likeness (QED) is 0.309. The Morgan fingerprint density at radius 3 is 2.91 bits per heavy atom. The van der Waals surface area contributed by atoms with Crippen molar-refractivity contribution in [2.45, 2.75) is 69.5 Å². The Morgan fingerprint density at radius 2 is 1.98 bits per heavy atom. The highest BCUT2D eigenvalue weighted by Crippen LogP contribution is 2.42. The Balaban J connectivity index is 1.29. The van der Waals surface area contributed by atoms with Gasteiger partial charge in [-0.05, 0) is 69.0 Å². The molecule has 238 valence electrons. The molecule has 0 amide bonds. The van der Waals surface area contributed by atoms with Gasteiger partial charge in [0.2, 0.25) is 0 Å². The predicted octanol–water partition coefficient (Wildman–Crippen LogP) is 5.76. The van der Waals surface area contributed by atoms with E-state index in [4.69, 9.17) is 14.5 Å². The minimum Gasteiger partial charge on any atom is -0.461 e. The van der Waals surface area contributed by atoms with E-state index in [1.807, 2.05) is 0 Å². The van der Waals surface area contributed by atoms with Gasteiger partial charge in [-0.15, -0.1) is 0 Å². The molecule has 3 saturated heterocycles. The summed E-state index contributed by atoms with van der Waals surface area (Å²) in [7, 11) is 0. The second kappa shape index (κ2) is 11.7. The lowest BCUT2D eigenvalue weighted by molar-refractivity contribution is 0.0961. The summed E-state index contributed by atoms with van der Waals surface area (Å²) < 4.78 is 59.5. The van der Waals surface area contributed by atoms with Crippen LogP contribution in [0.4, 0.5) is 19.0 Å². The van der Waals surface area contributed by atoms with Crippen molar-refractivity contribution in [3.8, 4) is 17.3 Å². The van der Waals surface area contributed by atoms with E-state index in [9.17, 15) is 4.39 Å². The molecule has 0 saturated carbocycles. The first-order chi connectivity index (χ1) is 22.0. The average Bonchev–Trinajstić information content (AvgIpc) is 3.67. The largest absolute Gasteiger partial charge is 0.461 e. The molecular formula is C33H38F3N7O2. The number of rotatable bonds is 3.